The minimum Gasteiger partial charge on any atom is -0.495 e. The molecular formula is C30H28ClN3O6S. The van der Waals surface area contributed by atoms with Gasteiger partial charge in [-0.15, -0.1) is 0 Å². The molecular weight excluding hydrogens is 566 g/mol. The number of carbonyl (C=O) groups excluding carboxylic acids is 1. The number of nitrogens with zero attached hydrogens (tertiary/aromatic N) is 2. The number of anilines is 1. The van der Waals surface area contributed by atoms with E-state index in [-0.39, 0.29) is 27.0 Å². The number of nitro benzene ring substituents is 1. The molecule has 1 N–H and O–H groups in total. The van der Waals surface area contributed by atoms with E-state index in [1.165, 1.54) is 44.4 Å². The van der Waals surface area contributed by atoms with Gasteiger partial charge in [0, 0.05) is 16.7 Å². The van der Waals surface area contributed by atoms with Crippen LogP contribution in [-0.4, -0.2) is 32.9 Å². The first-order chi connectivity index (χ1) is 19.5. The highest BCUT2D eigenvalue weighted by molar-refractivity contribution is 7.92. The molecule has 0 bridgehead atoms. The summed E-state index contributed by atoms with van der Waals surface area (Å²) in [5.41, 5.74) is 2.52. The highest BCUT2D eigenvalue weighted by Crippen LogP contribution is 2.36. The molecule has 0 aliphatic carbocycles. The molecule has 0 aromatic heterocycles. The smallest absolute Gasteiger partial charge is 0.273 e. The van der Waals surface area contributed by atoms with Crippen LogP contribution in [-0.2, 0) is 14.8 Å². The standard InChI is InChI=1S/C30H28ClN3O6S/c1-20-9-7-8-12-25(20)30(22-10-5-4-6-11-22)32-29(35)19-33(27-17-23(31)14-16-28(27)40-3)41(38,39)24-15-13-21(2)26(18-24)34(36)37/h4-18,30H,19H2,1-3H3,(H,32,35)/t30-/m1/s1. The van der Waals surface area contributed by atoms with Gasteiger partial charge in [-0.05, 0) is 54.8 Å². The minimum absolute atomic E-state index is 0.00512. The molecule has 4 rings (SSSR count). The Morgan fingerprint density at radius 2 is 1.66 bits per heavy atom. The van der Waals surface area contributed by atoms with Gasteiger partial charge in [0.25, 0.3) is 15.7 Å². The van der Waals surface area contributed by atoms with E-state index in [1.807, 2.05) is 61.5 Å². The largest absolute Gasteiger partial charge is 0.495 e. The molecule has 0 aliphatic rings. The van der Waals surface area contributed by atoms with Crippen molar-refractivity contribution in [1.82, 2.24) is 5.32 Å². The summed E-state index contributed by atoms with van der Waals surface area (Å²) < 4.78 is 34.3. The summed E-state index contributed by atoms with van der Waals surface area (Å²) >= 11 is 6.23. The van der Waals surface area contributed by atoms with E-state index in [4.69, 9.17) is 16.3 Å². The first-order valence-electron chi connectivity index (χ1n) is 12.5. The normalized spacial score (nSPS) is 11.9. The van der Waals surface area contributed by atoms with Crippen LogP contribution in [0.15, 0.2) is 95.9 Å². The number of sulfonamides is 1. The quantitative estimate of drug-likeness (QED) is 0.179. The molecule has 4 aromatic carbocycles. The van der Waals surface area contributed by atoms with Gasteiger partial charge in [-0.3, -0.25) is 19.2 Å². The molecule has 4 aromatic rings. The van der Waals surface area contributed by atoms with E-state index in [1.54, 1.807) is 0 Å². The number of hydrogen-bond donors (Lipinski definition) is 1. The summed E-state index contributed by atoms with van der Waals surface area (Å²) in [4.78, 5) is 24.3. The SMILES string of the molecule is COc1ccc(Cl)cc1N(CC(=O)N[C@H](c1ccccc1)c1ccccc1C)S(=O)(=O)c1ccc(C)c([N+](=O)[O-])c1. The Hall–Kier alpha value is -4.41. The van der Waals surface area contributed by atoms with Gasteiger partial charge in [-0.25, -0.2) is 8.42 Å². The topological polar surface area (TPSA) is 119 Å². The van der Waals surface area contributed by atoms with Gasteiger partial charge in [-0.2, -0.15) is 0 Å². The van der Waals surface area contributed by atoms with Gasteiger partial charge in [0.15, 0.2) is 0 Å². The van der Waals surface area contributed by atoms with E-state index < -0.39 is 33.4 Å². The highest BCUT2D eigenvalue weighted by atomic mass is 35.5. The molecule has 0 heterocycles. The van der Waals surface area contributed by atoms with Crippen molar-refractivity contribution in [3.63, 3.8) is 0 Å². The van der Waals surface area contributed by atoms with Crippen molar-refractivity contribution >= 4 is 38.9 Å². The summed E-state index contributed by atoms with van der Waals surface area (Å²) in [6, 6.07) is 24.3. The van der Waals surface area contributed by atoms with Crippen LogP contribution in [0.25, 0.3) is 0 Å². The number of amides is 1. The third kappa shape index (κ3) is 6.50. The molecule has 0 radical (unpaired) electrons. The van der Waals surface area contributed by atoms with Crippen molar-refractivity contribution in [3.05, 3.63) is 128 Å². The van der Waals surface area contributed by atoms with Gasteiger partial charge in [0.2, 0.25) is 5.91 Å². The van der Waals surface area contributed by atoms with Crippen LogP contribution in [0.3, 0.4) is 0 Å². The minimum atomic E-state index is -4.52. The number of benzene rings is 4. The fourth-order valence-corrected chi connectivity index (χ4v) is 6.08. The summed E-state index contributed by atoms with van der Waals surface area (Å²) in [7, 11) is -3.16. The Bertz CT molecular complexity index is 1700. The zero-order valence-corrected chi connectivity index (χ0v) is 24.1. The highest BCUT2D eigenvalue weighted by Gasteiger charge is 2.32. The van der Waals surface area contributed by atoms with Gasteiger partial charge in [0.05, 0.1) is 28.7 Å². The van der Waals surface area contributed by atoms with Gasteiger partial charge in [0.1, 0.15) is 12.3 Å². The second kappa shape index (κ2) is 12.4. The summed E-state index contributed by atoms with van der Waals surface area (Å²) in [5, 5.41) is 14.8. The predicted octanol–water partition coefficient (Wildman–Crippen LogP) is 5.97. The molecule has 1 atom stereocenters. The van der Waals surface area contributed by atoms with Crippen LogP contribution in [0, 0.1) is 24.0 Å². The monoisotopic (exact) mass is 593 g/mol. The number of halogens is 1. The Balaban J connectivity index is 1.80. The molecule has 11 heteroatoms. The van der Waals surface area contributed by atoms with Crippen molar-refractivity contribution in [1.29, 1.82) is 0 Å². The van der Waals surface area contributed by atoms with Crippen molar-refractivity contribution in [2.75, 3.05) is 18.0 Å². The van der Waals surface area contributed by atoms with E-state index in [0.29, 0.717) is 5.56 Å². The molecule has 1 amide bonds. The van der Waals surface area contributed by atoms with E-state index in [0.717, 1.165) is 27.1 Å². The van der Waals surface area contributed by atoms with Crippen molar-refractivity contribution in [2.24, 2.45) is 0 Å². The van der Waals surface area contributed by atoms with Gasteiger partial charge in [-0.1, -0.05) is 72.3 Å². The summed E-state index contributed by atoms with van der Waals surface area (Å²) in [6.45, 7) is 2.78. The number of hydrogen-bond acceptors (Lipinski definition) is 6. The van der Waals surface area contributed by atoms with Crippen LogP contribution < -0.4 is 14.4 Å². The van der Waals surface area contributed by atoms with E-state index in [2.05, 4.69) is 5.32 Å². The second-order valence-electron chi connectivity index (χ2n) is 9.30. The lowest BCUT2D eigenvalue weighted by molar-refractivity contribution is -0.385. The molecule has 0 aliphatic heterocycles. The second-order valence-corrected chi connectivity index (χ2v) is 11.6. The van der Waals surface area contributed by atoms with Gasteiger partial charge >= 0.3 is 0 Å². The average Bonchev–Trinajstić information content (AvgIpc) is 2.95. The molecule has 0 unspecified atom stereocenters. The van der Waals surface area contributed by atoms with Crippen LogP contribution in [0.5, 0.6) is 5.75 Å². The van der Waals surface area contributed by atoms with Crippen LogP contribution in [0.4, 0.5) is 11.4 Å². The number of ether oxygens (including phenoxy) is 1. The summed E-state index contributed by atoms with van der Waals surface area (Å²) in [6.07, 6.45) is 0. The molecule has 9 nitrogen and oxygen atoms in total. The fourth-order valence-electron chi connectivity index (χ4n) is 4.47. The number of aryl methyl sites for hydroxylation is 2. The van der Waals surface area contributed by atoms with Crippen LogP contribution in [0.1, 0.15) is 28.3 Å². The molecule has 41 heavy (non-hydrogen) atoms. The average molecular weight is 594 g/mol. The van der Waals surface area contributed by atoms with E-state index in [9.17, 15) is 23.3 Å². The Morgan fingerprint density at radius 1 is 0.976 bits per heavy atom. The predicted molar refractivity (Wildman–Crippen MR) is 158 cm³/mol. The third-order valence-electron chi connectivity index (χ3n) is 6.60. The lowest BCUT2D eigenvalue weighted by Gasteiger charge is -2.28. The Kier molecular flexibility index (Phi) is 8.95. The van der Waals surface area contributed by atoms with Crippen molar-refractivity contribution in [3.8, 4) is 5.75 Å². The van der Waals surface area contributed by atoms with E-state index >= 15 is 0 Å². The first kappa shape index (κ1) is 29.6. The molecule has 0 spiro atoms. The Labute approximate surface area is 243 Å². The molecule has 0 saturated carbocycles. The summed E-state index contributed by atoms with van der Waals surface area (Å²) in [5.74, 6) is -0.472. The number of nitrogens with one attached hydrogen (secondary N) is 1. The van der Waals surface area contributed by atoms with Crippen LogP contribution in [0.2, 0.25) is 5.02 Å². The molecule has 212 valence electrons. The number of methoxy groups -OCH3 is 1. The number of rotatable bonds is 10. The zero-order chi connectivity index (χ0) is 29.7. The Morgan fingerprint density at radius 3 is 2.32 bits per heavy atom. The lowest BCUT2D eigenvalue weighted by atomic mass is 9.95. The fraction of sp³-hybridized carbons (Fsp3) is 0.167. The number of carbonyl (C=O) groups is 1. The first-order valence-corrected chi connectivity index (χ1v) is 14.4. The lowest BCUT2D eigenvalue weighted by Crippen LogP contribution is -2.42. The maximum Gasteiger partial charge on any atom is 0.273 e. The van der Waals surface area contributed by atoms with Crippen molar-refractivity contribution in [2.45, 2.75) is 24.8 Å². The molecule has 0 saturated heterocycles. The number of nitro groups is 1. The molecule has 0 fully saturated rings. The maximum absolute atomic E-state index is 14.0. The maximum atomic E-state index is 14.0. The van der Waals surface area contributed by atoms with Crippen LogP contribution >= 0.6 is 11.6 Å². The zero-order valence-electron chi connectivity index (χ0n) is 22.6. The van der Waals surface area contributed by atoms with Crippen molar-refractivity contribution < 1.29 is 22.9 Å². The van der Waals surface area contributed by atoms with Gasteiger partial charge < -0.3 is 10.1 Å². The third-order valence-corrected chi connectivity index (χ3v) is 8.59.